The molecule has 2 aromatic rings. The van der Waals surface area contributed by atoms with Crippen molar-refractivity contribution in [2.75, 3.05) is 6.61 Å². The topological polar surface area (TPSA) is 68.5 Å². The highest BCUT2D eigenvalue weighted by Crippen LogP contribution is 2.35. The van der Waals surface area contributed by atoms with E-state index in [2.05, 4.69) is 15.6 Å². The number of amides is 1. The van der Waals surface area contributed by atoms with Crippen LogP contribution in [0.2, 0.25) is 0 Å². The van der Waals surface area contributed by atoms with Gasteiger partial charge in [0.15, 0.2) is 12.3 Å². The molecule has 3 rings (SSSR count). The zero-order chi connectivity index (χ0) is 19.1. The van der Waals surface area contributed by atoms with E-state index in [1.165, 1.54) is 0 Å². The van der Waals surface area contributed by atoms with Crippen molar-refractivity contribution in [3.8, 4) is 5.69 Å². The molecule has 1 aliphatic rings. The molecule has 0 unspecified atom stereocenters. The van der Waals surface area contributed by atoms with E-state index in [9.17, 15) is 31.1 Å². The van der Waals surface area contributed by atoms with E-state index in [1.54, 1.807) is 0 Å². The number of benzene rings is 1. The van der Waals surface area contributed by atoms with Gasteiger partial charge in [-0.05, 0) is 24.3 Å². The van der Waals surface area contributed by atoms with E-state index < -0.39 is 41.8 Å². The lowest BCUT2D eigenvalue weighted by atomic mass is 10.1. The SMILES string of the molecule is O=C1COC(c2ccc(-n3ccc(C(F)(F)F)n3)c(C(F)(F)F)c2)=NN1. The highest BCUT2D eigenvalue weighted by atomic mass is 19.4. The Hall–Kier alpha value is -3.05. The molecule has 6 nitrogen and oxygen atoms in total. The number of nitrogens with one attached hydrogen (secondary N) is 1. The van der Waals surface area contributed by atoms with Gasteiger partial charge in [0.05, 0.1) is 11.3 Å². The summed E-state index contributed by atoms with van der Waals surface area (Å²) in [6.07, 6.45) is -8.89. The van der Waals surface area contributed by atoms with E-state index in [1.807, 2.05) is 0 Å². The number of hydrazone groups is 1. The monoisotopic (exact) mass is 378 g/mol. The molecule has 2 heterocycles. The zero-order valence-electron chi connectivity index (χ0n) is 12.5. The summed E-state index contributed by atoms with van der Waals surface area (Å²) in [7, 11) is 0. The molecule has 0 saturated carbocycles. The van der Waals surface area contributed by atoms with E-state index in [-0.39, 0.29) is 11.5 Å². The summed E-state index contributed by atoms with van der Waals surface area (Å²) in [5, 5.41) is 6.65. The molecule has 1 amide bonds. The fourth-order valence-electron chi connectivity index (χ4n) is 2.16. The van der Waals surface area contributed by atoms with Crippen LogP contribution in [0.4, 0.5) is 26.3 Å². The van der Waals surface area contributed by atoms with Crippen LogP contribution in [0.1, 0.15) is 16.8 Å². The summed E-state index contributed by atoms with van der Waals surface area (Å²) in [6.45, 7) is -0.421. The van der Waals surface area contributed by atoms with Gasteiger partial charge in [-0.2, -0.15) is 31.4 Å². The minimum atomic E-state index is -4.88. The maximum atomic E-state index is 13.4. The Morgan fingerprint density at radius 3 is 2.35 bits per heavy atom. The smallest absolute Gasteiger partial charge is 0.435 e. The molecule has 0 spiro atoms. The van der Waals surface area contributed by atoms with Crippen molar-refractivity contribution in [3.63, 3.8) is 0 Å². The Bertz CT molecular complexity index is 884. The van der Waals surface area contributed by atoms with Crippen molar-refractivity contribution < 1.29 is 35.9 Å². The molecule has 0 fully saturated rings. The van der Waals surface area contributed by atoms with E-state index in [4.69, 9.17) is 4.74 Å². The number of rotatable bonds is 2. The van der Waals surface area contributed by atoms with Gasteiger partial charge in [-0.15, -0.1) is 5.10 Å². The largest absolute Gasteiger partial charge is 0.466 e. The van der Waals surface area contributed by atoms with Gasteiger partial charge in [-0.3, -0.25) is 4.79 Å². The number of nitrogens with zero attached hydrogens (tertiary/aromatic N) is 3. The summed E-state index contributed by atoms with van der Waals surface area (Å²) < 4.78 is 83.4. The fourth-order valence-corrected chi connectivity index (χ4v) is 2.16. The van der Waals surface area contributed by atoms with Crippen LogP contribution in [0.15, 0.2) is 35.6 Å². The van der Waals surface area contributed by atoms with Crippen LogP contribution in [0.3, 0.4) is 0 Å². The molecule has 0 radical (unpaired) electrons. The lowest BCUT2D eigenvalue weighted by molar-refractivity contribution is -0.141. The van der Waals surface area contributed by atoms with Gasteiger partial charge in [0.25, 0.3) is 5.91 Å². The number of carbonyl (C=O) groups excluding carboxylic acids is 1. The Labute approximate surface area is 141 Å². The van der Waals surface area contributed by atoms with Crippen molar-refractivity contribution in [2.24, 2.45) is 5.10 Å². The maximum absolute atomic E-state index is 13.4. The third-order valence-corrected chi connectivity index (χ3v) is 3.30. The van der Waals surface area contributed by atoms with Crippen molar-refractivity contribution >= 4 is 11.8 Å². The summed E-state index contributed by atoms with van der Waals surface area (Å²) in [6, 6.07) is 3.32. The van der Waals surface area contributed by atoms with E-state index in [0.717, 1.165) is 18.3 Å². The van der Waals surface area contributed by atoms with Gasteiger partial charge >= 0.3 is 12.4 Å². The molecule has 1 aromatic heterocycles. The Morgan fingerprint density at radius 2 is 1.81 bits per heavy atom. The molecule has 1 aliphatic heterocycles. The van der Waals surface area contributed by atoms with Crippen molar-refractivity contribution in [1.82, 2.24) is 15.2 Å². The second kappa shape index (κ2) is 6.04. The Morgan fingerprint density at radius 1 is 1.08 bits per heavy atom. The van der Waals surface area contributed by atoms with E-state index in [0.29, 0.717) is 16.8 Å². The molecular formula is C14H8F6N4O2. The first-order valence-electron chi connectivity index (χ1n) is 6.90. The quantitative estimate of drug-likeness (QED) is 0.818. The molecule has 1 N–H and O–H groups in total. The zero-order valence-corrected chi connectivity index (χ0v) is 12.5. The van der Waals surface area contributed by atoms with Crippen molar-refractivity contribution in [1.29, 1.82) is 0 Å². The third-order valence-electron chi connectivity index (χ3n) is 3.30. The molecule has 26 heavy (non-hydrogen) atoms. The molecule has 0 bridgehead atoms. The summed E-state index contributed by atoms with van der Waals surface area (Å²) in [5.41, 5.74) is -1.21. The lowest BCUT2D eigenvalue weighted by Crippen LogP contribution is -2.32. The van der Waals surface area contributed by atoms with Crippen LogP contribution in [-0.2, 0) is 21.9 Å². The predicted octanol–water partition coefficient (Wildman–Crippen LogP) is 2.72. The molecule has 0 aliphatic carbocycles. The number of alkyl halides is 6. The third kappa shape index (κ3) is 3.48. The standard InChI is InChI=1S/C14H8F6N4O2/c15-13(16,17)8-5-7(12-22-21-11(25)6-26-12)1-2-9(8)24-4-3-10(23-24)14(18,19)20/h1-5H,6H2,(H,21,25). The van der Waals surface area contributed by atoms with Crippen LogP contribution in [-0.4, -0.2) is 28.2 Å². The minimum absolute atomic E-state index is 0.107. The van der Waals surface area contributed by atoms with E-state index >= 15 is 0 Å². The van der Waals surface area contributed by atoms with Crippen LogP contribution in [0.5, 0.6) is 0 Å². The highest BCUT2D eigenvalue weighted by molar-refractivity contribution is 5.98. The van der Waals surface area contributed by atoms with Gasteiger partial charge in [0.2, 0.25) is 5.90 Å². The number of hydrogen-bond acceptors (Lipinski definition) is 4. The normalized spacial score (nSPS) is 15.3. The van der Waals surface area contributed by atoms with Crippen LogP contribution in [0.25, 0.3) is 5.69 Å². The first-order valence-corrected chi connectivity index (χ1v) is 6.90. The summed E-state index contributed by atoms with van der Waals surface area (Å²) in [5.74, 6) is -0.823. The first-order chi connectivity index (χ1) is 12.1. The van der Waals surface area contributed by atoms with Crippen LogP contribution in [0, 0.1) is 0 Å². The predicted molar refractivity (Wildman–Crippen MR) is 74.2 cm³/mol. The van der Waals surface area contributed by atoms with Gasteiger partial charge in [0.1, 0.15) is 0 Å². The molecule has 0 saturated heterocycles. The van der Waals surface area contributed by atoms with Crippen molar-refractivity contribution in [2.45, 2.75) is 12.4 Å². The number of halogens is 6. The van der Waals surface area contributed by atoms with Crippen molar-refractivity contribution in [3.05, 3.63) is 47.3 Å². The first kappa shape index (κ1) is 17.8. The van der Waals surface area contributed by atoms with Crippen LogP contribution < -0.4 is 5.43 Å². The molecule has 0 atom stereocenters. The average molecular weight is 378 g/mol. The fraction of sp³-hybridized carbons (Fsp3) is 0.214. The summed E-state index contributed by atoms with van der Waals surface area (Å²) in [4.78, 5) is 11.0. The van der Waals surface area contributed by atoms with Gasteiger partial charge < -0.3 is 4.74 Å². The number of hydrogen-bond donors (Lipinski definition) is 1. The molecule has 138 valence electrons. The van der Waals surface area contributed by atoms with Gasteiger partial charge in [0, 0.05) is 11.8 Å². The van der Waals surface area contributed by atoms with Crippen LogP contribution >= 0.6 is 0 Å². The lowest BCUT2D eigenvalue weighted by Gasteiger charge is -2.17. The number of carbonyl (C=O) groups is 1. The second-order valence-electron chi connectivity index (χ2n) is 5.11. The second-order valence-corrected chi connectivity index (χ2v) is 5.11. The highest BCUT2D eigenvalue weighted by Gasteiger charge is 2.37. The molecular weight excluding hydrogens is 370 g/mol. The summed E-state index contributed by atoms with van der Waals surface area (Å²) >= 11 is 0. The van der Waals surface area contributed by atoms with Gasteiger partial charge in [-0.25, -0.2) is 10.1 Å². The average Bonchev–Trinajstić information content (AvgIpc) is 3.04. The Balaban J connectivity index is 2.06. The van der Waals surface area contributed by atoms with Gasteiger partial charge in [-0.1, -0.05) is 0 Å². The molecule has 12 heteroatoms. The maximum Gasteiger partial charge on any atom is 0.435 e. The number of ether oxygens (including phenoxy) is 1. The Kier molecular flexibility index (Phi) is 4.12. The molecule has 1 aromatic carbocycles. The minimum Gasteiger partial charge on any atom is -0.466 e. The number of aromatic nitrogens is 2.